The number of rotatable bonds is 11. The summed E-state index contributed by atoms with van der Waals surface area (Å²) in [5, 5.41) is 0.640. The zero-order chi connectivity index (χ0) is 24.9. The van der Waals surface area contributed by atoms with Crippen LogP contribution in [0.15, 0.2) is 47.4 Å². The molecule has 7 nitrogen and oxygen atoms in total. The van der Waals surface area contributed by atoms with Gasteiger partial charge in [-0.2, -0.15) is 4.31 Å². The minimum Gasteiger partial charge on any atom is -0.308 e. The van der Waals surface area contributed by atoms with Crippen molar-refractivity contribution in [2.45, 2.75) is 38.5 Å². The maximum absolute atomic E-state index is 13.5. The predicted molar refractivity (Wildman–Crippen MR) is 140 cm³/mol. The van der Waals surface area contributed by atoms with E-state index in [2.05, 4.69) is 6.07 Å². The molecule has 0 N–H and O–H groups in total. The van der Waals surface area contributed by atoms with Crippen molar-refractivity contribution in [2.24, 2.45) is 0 Å². The Bertz CT molecular complexity index is 1220. The molecule has 0 aliphatic carbocycles. The summed E-state index contributed by atoms with van der Waals surface area (Å²) < 4.78 is 28.6. The number of sulfonamides is 1. The van der Waals surface area contributed by atoms with E-state index in [4.69, 9.17) is 4.98 Å². The number of thiazole rings is 1. The van der Waals surface area contributed by atoms with Gasteiger partial charge in [0.25, 0.3) is 5.91 Å². The van der Waals surface area contributed by atoms with Gasteiger partial charge in [-0.05, 0) is 69.4 Å². The summed E-state index contributed by atoms with van der Waals surface area (Å²) in [6.45, 7) is 7.97. The van der Waals surface area contributed by atoms with Gasteiger partial charge in [0.1, 0.15) is 0 Å². The van der Waals surface area contributed by atoms with Crippen molar-refractivity contribution in [3.05, 3.63) is 53.6 Å². The van der Waals surface area contributed by atoms with Crippen LogP contribution in [0.4, 0.5) is 5.13 Å². The molecule has 0 bridgehead atoms. The average Bonchev–Trinajstić information content (AvgIpc) is 3.22. The highest BCUT2D eigenvalue weighted by Crippen LogP contribution is 2.30. The van der Waals surface area contributed by atoms with Crippen LogP contribution in [0, 0.1) is 6.92 Å². The van der Waals surface area contributed by atoms with Crippen LogP contribution in [-0.2, 0) is 10.0 Å². The van der Waals surface area contributed by atoms with Crippen LogP contribution < -0.4 is 4.90 Å². The predicted octanol–water partition coefficient (Wildman–Crippen LogP) is 4.62. The number of unbranched alkanes of at least 4 members (excludes halogenated alkanes) is 1. The van der Waals surface area contributed by atoms with Gasteiger partial charge in [-0.3, -0.25) is 9.69 Å². The molecule has 3 aromatic rings. The van der Waals surface area contributed by atoms with Crippen molar-refractivity contribution in [2.75, 3.05) is 45.2 Å². The van der Waals surface area contributed by atoms with Crippen molar-refractivity contribution in [3.8, 4) is 0 Å². The number of hydrogen-bond acceptors (Lipinski definition) is 6. The maximum atomic E-state index is 13.5. The van der Waals surface area contributed by atoms with Crippen LogP contribution in [-0.4, -0.2) is 68.8 Å². The highest BCUT2D eigenvalue weighted by molar-refractivity contribution is 7.89. The molecule has 1 heterocycles. The molecular formula is C25H34N4O3S2. The smallest absolute Gasteiger partial charge is 0.260 e. The first-order valence-corrected chi connectivity index (χ1v) is 13.9. The Morgan fingerprint density at radius 1 is 1.00 bits per heavy atom. The van der Waals surface area contributed by atoms with Crippen molar-refractivity contribution in [1.29, 1.82) is 0 Å². The quantitative estimate of drug-likeness (QED) is 0.382. The standard InChI is InChI=1S/C25H34N4O3S2/c1-6-8-15-28(7-2)34(31,32)21-12-10-20(11-13-21)24(30)29(17-16-27(4)5)25-26-22-14-9-19(3)18-23(22)33-25/h9-14,18H,6-8,15-17H2,1-5H3. The third kappa shape index (κ3) is 6.02. The Labute approximate surface area is 207 Å². The summed E-state index contributed by atoms with van der Waals surface area (Å²) in [6, 6.07) is 12.3. The molecule has 34 heavy (non-hydrogen) atoms. The molecule has 2 aromatic carbocycles. The van der Waals surface area contributed by atoms with E-state index in [9.17, 15) is 13.2 Å². The second-order valence-electron chi connectivity index (χ2n) is 8.60. The van der Waals surface area contributed by atoms with Gasteiger partial charge in [0.15, 0.2) is 5.13 Å². The number of nitrogens with zero attached hydrogens (tertiary/aromatic N) is 4. The molecule has 0 radical (unpaired) electrons. The largest absolute Gasteiger partial charge is 0.308 e. The van der Waals surface area contributed by atoms with Crippen molar-refractivity contribution >= 4 is 42.6 Å². The van der Waals surface area contributed by atoms with Gasteiger partial charge in [0.2, 0.25) is 10.0 Å². The fraction of sp³-hybridized carbons (Fsp3) is 0.440. The lowest BCUT2D eigenvalue weighted by molar-refractivity contribution is 0.0985. The van der Waals surface area contributed by atoms with E-state index in [1.165, 1.54) is 27.8 Å². The number of hydrogen-bond donors (Lipinski definition) is 0. The average molecular weight is 503 g/mol. The number of aryl methyl sites for hydroxylation is 1. The van der Waals surface area contributed by atoms with E-state index in [-0.39, 0.29) is 10.8 Å². The number of fused-ring (bicyclic) bond motifs is 1. The van der Waals surface area contributed by atoms with Gasteiger partial charge >= 0.3 is 0 Å². The summed E-state index contributed by atoms with van der Waals surface area (Å²) in [7, 11) is 0.331. The zero-order valence-electron chi connectivity index (χ0n) is 20.6. The topological polar surface area (TPSA) is 73.8 Å². The van der Waals surface area contributed by atoms with E-state index in [1.54, 1.807) is 17.0 Å². The molecule has 9 heteroatoms. The molecule has 0 aliphatic heterocycles. The van der Waals surface area contributed by atoms with Crippen molar-refractivity contribution in [3.63, 3.8) is 0 Å². The van der Waals surface area contributed by atoms with Gasteiger partial charge < -0.3 is 4.90 Å². The number of amides is 1. The zero-order valence-corrected chi connectivity index (χ0v) is 22.2. The molecule has 0 saturated heterocycles. The molecule has 0 spiro atoms. The van der Waals surface area contributed by atoms with Crippen molar-refractivity contribution < 1.29 is 13.2 Å². The molecule has 0 unspecified atom stereocenters. The molecule has 184 valence electrons. The lowest BCUT2D eigenvalue weighted by Gasteiger charge is -2.23. The Balaban J connectivity index is 1.90. The molecule has 0 saturated carbocycles. The van der Waals surface area contributed by atoms with E-state index >= 15 is 0 Å². The first kappa shape index (κ1) is 26.3. The Morgan fingerprint density at radius 3 is 2.32 bits per heavy atom. The molecule has 1 amide bonds. The summed E-state index contributed by atoms with van der Waals surface area (Å²) in [5.41, 5.74) is 2.44. The normalized spacial score (nSPS) is 12.1. The number of carbonyl (C=O) groups is 1. The summed E-state index contributed by atoms with van der Waals surface area (Å²) in [5.74, 6) is -0.195. The van der Waals surface area contributed by atoms with E-state index < -0.39 is 10.0 Å². The first-order chi connectivity index (χ1) is 16.2. The molecule has 0 atom stereocenters. The van der Waals surface area contributed by atoms with E-state index in [0.29, 0.717) is 36.9 Å². The van der Waals surface area contributed by atoms with Crippen LogP contribution in [0.1, 0.15) is 42.6 Å². The lowest BCUT2D eigenvalue weighted by Crippen LogP contribution is -2.36. The van der Waals surface area contributed by atoms with Crippen LogP contribution in [0.5, 0.6) is 0 Å². The van der Waals surface area contributed by atoms with Crippen molar-refractivity contribution in [1.82, 2.24) is 14.2 Å². The van der Waals surface area contributed by atoms with Gasteiger partial charge in [0.05, 0.1) is 15.1 Å². The molecular weight excluding hydrogens is 468 g/mol. The Kier molecular flexibility index (Phi) is 8.81. The monoisotopic (exact) mass is 502 g/mol. The third-order valence-electron chi connectivity index (χ3n) is 5.63. The number of anilines is 1. The Morgan fingerprint density at radius 2 is 1.71 bits per heavy atom. The fourth-order valence-electron chi connectivity index (χ4n) is 3.58. The number of likely N-dealkylation sites (N-methyl/N-ethyl adjacent to an activating group) is 1. The van der Waals surface area contributed by atoms with Gasteiger partial charge in [-0.1, -0.05) is 37.7 Å². The highest BCUT2D eigenvalue weighted by atomic mass is 32.2. The van der Waals surface area contributed by atoms with E-state index in [0.717, 1.165) is 28.6 Å². The minimum absolute atomic E-state index is 0.195. The first-order valence-electron chi connectivity index (χ1n) is 11.6. The lowest BCUT2D eigenvalue weighted by atomic mass is 10.2. The van der Waals surface area contributed by atoms with Crippen LogP contribution in [0.25, 0.3) is 10.2 Å². The maximum Gasteiger partial charge on any atom is 0.260 e. The molecule has 1 aromatic heterocycles. The SMILES string of the molecule is CCCCN(CC)S(=O)(=O)c1ccc(C(=O)N(CCN(C)C)c2nc3ccc(C)cc3s2)cc1. The molecule has 3 rings (SSSR count). The van der Waals surface area contributed by atoms with E-state index in [1.807, 2.05) is 51.9 Å². The summed E-state index contributed by atoms with van der Waals surface area (Å²) in [4.78, 5) is 22.1. The van der Waals surface area contributed by atoms with Gasteiger partial charge in [0, 0.05) is 31.7 Å². The van der Waals surface area contributed by atoms with Crippen LogP contribution in [0.3, 0.4) is 0 Å². The van der Waals surface area contributed by atoms with Crippen LogP contribution >= 0.6 is 11.3 Å². The minimum atomic E-state index is -3.59. The summed E-state index contributed by atoms with van der Waals surface area (Å²) in [6.07, 6.45) is 1.74. The Hall–Kier alpha value is -2.33. The fourth-order valence-corrected chi connectivity index (χ4v) is 6.15. The second-order valence-corrected chi connectivity index (χ2v) is 11.5. The summed E-state index contributed by atoms with van der Waals surface area (Å²) >= 11 is 1.49. The van der Waals surface area contributed by atoms with Crippen LogP contribution in [0.2, 0.25) is 0 Å². The molecule has 0 aliphatic rings. The highest BCUT2D eigenvalue weighted by Gasteiger charge is 2.25. The number of benzene rings is 2. The van der Waals surface area contributed by atoms with Gasteiger partial charge in [-0.15, -0.1) is 0 Å². The number of carbonyl (C=O) groups excluding carboxylic acids is 1. The third-order valence-corrected chi connectivity index (χ3v) is 8.66. The van der Waals surface area contributed by atoms with Gasteiger partial charge in [-0.25, -0.2) is 13.4 Å². The molecule has 0 fully saturated rings. The number of aromatic nitrogens is 1. The second kappa shape index (κ2) is 11.4.